The van der Waals surface area contributed by atoms with E-state index < -0.39 is 38.8 Å². The minimum absolute atomic E-state index is 0.0110. The summed E-state index contributed by atoms with van der Waals surface area (Å²) in [5.74, 6) is -0.760. The Morgan fingerprint density at radius 3 is 2.50 bits per heavy atom. The lowest BCUT2D eigenvalue weighted by atomic mass is 10.1. The van der Waals surface area contributed by atoms with Gasteiger partial charge in [0.25, 0.3) is 5.91 Å². The number of hydrogen-bond acceptors (Lipinski definition) is 3. The van der Waals surface area contributed by atoms with Gasteiger partial charge in [-0.15, -0.1) is 0 Å². The average molecular weight is 335 g/mol. The summed E-state index contributed by atoms with van der Waals surface area (Å²) in [6, 6.07) is 3.58. The lowest BCUT2D eigenvalue weighted by molar-refractivity contribution is -0.137. The van der Waals surface area contributed by atoms with E-state index in [2.05, 4.69) is 0 Å². The Balaban J connectivity index is 2.29. The van der Waals surface area contributed by atoms with Gasteiger partial charge in [0.1, 0.15) is 0 Å². The van der Waals surface area contributed by atoms with E-state index >= 15 is 0 Å². The van der Waals surface area contributed by atoms with Crippen molar-refractivity contribution in [2.75, 3.05) is 12.3 Å². The van der Waals surface area contributed by atoms with Crippen LogP contribution >= 0.6 is 0 Å². The summed E-state index contributed by atoms with van der Waals surface area (Å²) in [6.07, 6.45) is -4.53. The minimum Gasteiger partial charge on any atom is -0.334 e. The summed E-state index contributed by atoms with van der Waals surface area (Å²) in [7, 11) is -3.26. The fraction of sp³-hybridized carbons (Fsp3) is 0.500. The molecule has 1 aromatic carbocycles. The Bertz CT molecular complexity index is 685. The summed E-state index contributed by atoms with van der Waals surface area (Å²) in [5.41, 5.74) is -0.989. The van der Waals surface area contributed by atoms with E-state index in [9.17, 15) is 26.4 Å². The predicted molar refractivity (Wildman–Crippen MR) is 75.2 cm³/mol. The van der Waals surface area contributed by atoms with Gasteiger partial charge < -0.3 is 4.90 Å². The first-order chi connectivity index (χ1) is 10.0. The average Bonchev–Trinajstić information content (AvgIpc) is 2.44. The maximum Gasteiger partial charge on any atom is 0.416 e. The van der Waals surface area contributed by atoms with Crippen molar-refractivity contribution in [2.45, 2.75) is 31.3 Å². The third-order valence-electron chi connectivity index (χ3n) is 4.05. The van der Waals surface area contributed by atoms with Gasteiger partial charge in [-0.2, -0.15) is 13.2 Å². The lowest BCUT2D eigenvalue weighted by Crippen LogP contribution is -2.54. The van der Waals surface area contributed by atoms with Gasteiger partial charge in [0, 0.05) is 18.2 Å². The second kappa shape index (κ2) is 5.57. The zero-order chi connectivity index (χ0) is 16.7. The molecule has 4 nitrogen and oxygen atoms in total. The molecule has 22 heavy (non-hydrogen) atoms. The normalized spacial score (nSPS) is 25.0. The van der Waals surface area contributed by atoms with Crippen LogP contribution in [0.15, 0.2) is 24.3 Å². The molecular weight excluding hydrogens is 319 g/mol. The molecule has 2 unspecified atom stereocenters. The highest BCUT2D eigenvalue weighted by atomic mass is 32.2. The van der Waals surface area contributed by atoms with Crippen molar-refractivity contribution in [3.63, 3.8) is 0 Å². The van der Waals surface area contributed by atoms with Crippen LogP contribution in [0.1, 0.15) is 29.8 Å². The SMILES string of the molecule is CC1C(C)S(=O)(=O)CCN1C(=O)c1cccc(C(F)(F)F)c1. The number of halogens is 3. The van der Waals surface area contributed by atoms with Crippen LogP contribution in [0.3, 0.4) is 0 Å². The summed E-state index contributed by atoms with van der Waals surface area (Å²) < 4.78 is 61.7. The van der Waals surface area contributed by atoms with Crippen LogP contribution in [-0.4, -0.2) is 42.8 Å². The molecule has 1 aliphatic rings. The number of carbonyl (C=O) groups excluding carboxylic acids is 1. The molecule has 1 amide bonds. The Hall–Kier alpha value is -1.57. The standard InChI is InChI=1S/C14H16F3NO3S/c1-9-10(2)22(20,21)7-6-18(9)13(19)11-4-3-5-12(8-11)14(15,16)17/h3-5,8-10H,6-7H2,1-2H3. The van der Waals surface area contributed by atoms with Gasteiger partial charge in [0.2, 0.25) is 0 Å². The number of amides is 1. The number of nitrogens with zero attached hydrogens (tertiary/aromatic N) is 1. The molecule has 0 spiro atoms. The van der Waals surface area contributed by atoms with Gasteiger partial charge in [0.05, 0.1) is 16.6 Å². The molecule has 0 aromatic heterocycles. The monoisotopic (exact) mass is 335 g/mol. The van der Waals surface area contributed by atoms with Crippen LogP contribution in [0.5, 0.6) is 0 Å². The smallest absolute Gasteiger partial charge is 0.334 e. The highest BCUT2D eigenvalue weighted by molar-refractivity contribution is 7.92. The van der Waals surface area contributed by atoms with Gasteiger partial charge in [-0.3, -0.25) is 4.79 Å². The Morgan fingerprint density at radius 1 is 1.27 bits per heavy atom. The molecule has 0 aliphatic carbocycles. The van der Waals surface area contributed by atoms with Crippen LogP contribution in [0, 0.1) is 0 Å². The molecular formula is C14H16F3NO3S. The zero-order valence-corrected chi connectivity index (χ0v) is 12.9. The van der Waals surface area contributed by atoms with Crippen molar-refractivity contribution in [1.29, 1.82) is 0 Å². The van der Waals surface area contributed by atoms with Crippen molar-refractivity contribution >= 4 is 15.7 Å². The summed E-state index contributed by atoms with van der Waals surface area (Å²) in [4.78, 5) is 13.7. The third-order valence-corrected chi connectivity index (χ3v) is 6.33. The molecule has 2 rings (SSSR count). The zero-order valence-electron chi connectivity index (χ0n) is 12.1. The van der Waals surface area contributed by atoms with E-state index in [1.54, 1.807) is 6.92 Å². The number of carbonyl (C=O) groups is 1. The van der Waals surface area contributed by atoms with Gasteiger partial charge >= 0.3 is 6.18 Å². The molecule has 1 aromatic rings. The van der Waals surface area contributed by atoms with Gasteiger partial charge in [-0.25, -0.2) is 8.42 Å². The van der Waals surface area contributed by atoms with E-state index in [4.69, 9.17) is 0 Å². The van der Waals surface area contributed by atoms with E-state index in [1.807, 2.05) is 0 Å². The number of alkyl halides is 3. The highest BCUT2D eigenvalue weighted by Gasteiger charge is 2.38. The van der Waals surface area contributed by atoms with Crippen LogP contribution in [-0.2, 0) is 16.0 Å². The van der Waals surface area contributed by atoms with Crippen molar-refractivity contribution in [2.24, 2.45) is 0 Å². The Morgan fingerprint density at radius 2 is 1.91 bits per heavy atom. The summed E-state index contributed by atoms with van der Waals surface area (Å²) in [6.45, 7) is 3.08. The molecule has 0 saturated carbocycles. The van der Waals surface area contributed by atoms with Crippen molar-refractivity contribution < 1.29 is 26.4 Å². The molecule has 2 atom stereocenters. The topological polar surface area (TPSA) is 54.5 Å². The number of sulfone groups is 1. The van der Waals surface area contributed by atoms with E-state index in [-0.39, 0.29) is 17.9 Å². The van der Waals surface area contributed by atoms with Crippen LogP contribution in [0.4, 0.5) is 13.2 Å². The second-order valence-electron chi connectivity index (χ2n) is 5.39. The van der Waals surface area contributed by atoms with Crippen LogP contribution < -0.4 is 0 Å². The van der Waals surface area contributed by atoms with Gasteiger partial charge in [-0.1, -0.05) is 6.07 Å². The van der Waals surface area contributed by atoms with E-state index in [0.29, 0.717) is 0 Å². The van der Waals surface area contributed by atoms with Crippen LogP contribution in [0.2, 0.25) is 0 Å². The maximum absolute atomic E-state index is 12.7. The highest BCUT2D eigenvalue weighted by Crippen LogP contribution is 2.30. The van der Waals surface area contributed by atoms with Crippen molar-refractivity contribution in [3.8, 4) is 0 Å². The first-order valence-corrected chi connectivity index (χ1v) is 8.45. The number of hydrogen-bond donors (Lipinski definition) is 0. The predicted octanol–water partition coefficient (Wildman–Crippen LogP) is 2.35. The molecule has 1 aliphatic heterocycles. The molecule has 0 radical (unpaired) electrons. The lowest BCUT2D eigenvalue weighted by Gasteiger charge is -2.37. The minimum atomic E-state index is -4.53. The summed E-state index contributed by atoms with van der Waals surface area (Å²) in [5, 5.41) is -0.740. The maximum atomic E-state index is 12.7. The quantitative estimate of drug-likeness (QED) is 0.792. The number of rotatable bonds is 1. The Labute approximate surface area is 126 Å². The Kier molecular flexibility index (Phi) is 4.25. The fourth-order valence-electron chi connectivity index (χ4n) is 2.45. The molecule has 122 valence electrons. The molecule has 1 saturated heterocycles. The molecule has 0 N–H and O–H groups in total. The molecule has 1 fully saturated rings. The van der Waals surface area contributed by atoms with Crippen molar-refractivity contribution in [1.82, 2.24) is 4.90 Å². The molecule has 1 heterocycles. The third kappa shape index (κ3) is 3.11. The number of benzene rings is 1. The molecule has 8 heteroatoms. The first-order valence-electron chi connectivity index (χ1n) is 6.74. The van der Waals surface area contributed by atoms with Gasteiger partial charge in [-0.05, 0) is 32.0 Å². The first kappa shape index (κ1) is 16.8. The molecule has 0 bridgehead atoms. The van der Waals surface area contributed by atoms with Crippen LogP contribution in [0.25, 0.3) is 0 Å². The summed E-state index contributed by atoms with van der Waals surface area (Å²) >= 11 is 0. The van der Waals surface area contributed by atoms with Crippen molar-refractivity contribution in [3.05, 3.63) is 35.4 Å². The van der Waals surface area contributed by atoms with Gasteiger partial charge in [0.15, 0.2) is 9.84 Å². The fourth-order valence-corrected chi connectivity index (χ4v) is 4.02. The second-order valence-corrected chi connectivity index (χ2v) is 7.87. The van der Waals surface area contributed by atoms with E-state index in [0.717, 1.165) is 12.1 Å². The van der Waals surface area contributed by atoms with E-state index in [1.165, 1.54) is 24.0 Å². The largest absolute Gasteiger partial charge is 0.416 e.